The molecule has 0 aromatic heterocycles. The number of nitrogens with zero attached hydrogens (tertiary/aromatic N) is 1. The number of carbonyl (C=O) groups excluding carboxylic acids is 1. The predicted octanol–water partition coefficient (Wildman–Crippen LogP) is 4.47. The number of halogens is 2. The summed E-state index contributed by atoms with van der Waals surface area (Å²) in [6.45, 7) is 8.90. The molecule has 0 aliphatic heterocycles. The van der Waals surface area contributed by atoms with Crippen LogP contribution in [0, 0.1) is 0 Å². The van der Waals surface area contributed by atoms with E-state index < -0.39 is 17.3 Å². The number of hydrazone groups is 1. The summed E-state index contributed by atoms with van der Waals surface area (Å²) in [5, 5.41) is 15.4. The first-order valence-electron chi connectivity index (χ1n) is 7.85. The Morgan fingerprint density at radius 3 is 2.40 bits per heavy atom. The summed E-state index contributed by atoms with van der Waals surface area (Å²) in [4.78, 5) is 11.8. The average Bonchev–Trinajstić information content (AvgIpc) is 2.47. The highest BCUT2D eigenvalue weighted by Crippen LogP contribution is 2.30. The molecule has 0 aliphatic carbocycles. The van der Waals surface area contributed by atoms with E-state index in [1.54, 1.807) is 32.9 Å². The fourth-order valence-electron chi connectivity index (χ4n) is 1.80. The predicted molar refractivity (Wildman–Crippen MR) is 99.1 cm³/mol. The summed E-state index contributed by atoms with van der Waals surface area (Å²) in [7, 11) is 0. The lowest BCUT2D eigenvalue weighted by Crippen LogP contribution is -2.38. The minimum absolute atomic E-state index is 0.0846. The van der Waals surface area contributed by atoms with Gasteiger partial charge in [0.1, 0.15) is 5.60 Å². The van der Waals surface area contributed by atoms with Crippen LogP contribution in [0.2, 0.25) is 10.0 Å². The molecule has 25 heavy (non-hydrogen) atoms. The molecule has 0 aliphatic rings. The van der Waals surface area contributed by atoms with E-state index in [1.165, 1.54) is 13.0 Å². The molecule has 0 spiro atoms. The molecule has 1 unspecified atom stereocenters. The van der Waals surface area contributed by atoms with E-state index in [0.717, 1.165) is 0 Å². The molecule has 1 rings (SSSR count). The molecular weight excluding hydrogens is 367 g/mol. The molecule has 0 heterocycles. The summed E-state index contributed by atoms with van der Waals surface area (Å²) < 4.78 is 10.6. The molecule has 1 atom stereocenters. The Hall–Kier alpha value is -1.50. The number of aliphatic hydroxyl groups is 1. The van der Waals surface area contributed by atoms with Crippen molar-refractivity contribution in [1.29, 1.82) is 0 Å². The van der Waals surface area contributed by atoms with Gasteiger partial charge in [0.25, 0.3) is 0 Å². The molecule has 1 aromatic rings. The number of ether oxygens (including phenoxy) is 2. The van der Waals surface area contributed by atoms with Gasteiger partial charge >= 0.3 is 6.09 Å². The minimum Gasteiger partial charge on any atom is -0.477 e. The Labute approximate surface area is 158 Å². The fourth-order valence-corrected chi connectivity index (χ4v) is 2.10. The minimum atomic E-state index is -1.63. The maximum absolute atomic E-state index is 11.8. The zero-order chi connectivity index (χ0) is 19.3. The van der Waals surface area contributed by atoms with Gasteiger partial charge in [0.05, 0.1) is 16.7 Å². The molecule has 2 N–H and O–H groups in total. The summed E-state index contributed by atoms with van der Waals surface area (Å²) in [6.07, 6.45) is -0.0573. The van der Waals surface area contributed by atoms with Crippen molar-refractivity contribution in [2.75, 3.05) is 6.61 Å². The van der Waals surface area contributed by atoms with E-state index in [-0.39, 0.29) is 10.9 Å². The molecule has 6 nitrogen and oxygen atoms in total. The molecule has 0 saturated heterocycles. The molecule has 1 amide bonds. The molecule has 140 valence electrons. The van der Waals surface area contributed by atoms with E-state index in [1.807, 2.05) is 6.92 Å². The topological polar surface area (TPSA) is 80.2 Å². The normalized spacial score (nSPS) is 14.6. The van der Waals surface area contributed by atoms with Gasteiger partial charge in [-0.25, -0.2) is 10.2 Å². The van der Waals surface area contributed by atoms with Crippen LogP contribution in [0.5, 0.6) is 0 Å². The Morgan fingerprint density at radius 2 is 1.88 bits per heavy atom. The van der Waals surface area contributed by atoms with Crippen LogP contribution in [-0.2, 0) is 15.1 Å². The third kappa shape index (κ3) is 6.72. The molecule has 8 heteroatoms. The fraction of sp³-hybridized carbons (Fsp3) is 0.529. The summed E-state index contributed by atoms with van der Waals surface area (Å²) >= 11 is 11.9. The van der Waals surface area contributed by atoms with Gasteiger partial charge in [0.2, 0.25) is 5.90 Å². The number of hydrogen-bond acceptors (Lipinski definition) is 5. The lowest BCUT2D eigenvalue weighted by Gasteiger charge is -2.26. The Bertz CT molecular complexity index is 640. The zero-order valence-electron chi connectivity index (χ0n) is 15.0. The van der Waals surface area contributed by atoms with E-state index in [9.17, 15) is 9.90 Å². The van der Waals surface area contributed by atoms with Crippen molar-refractivity contribution in [2.45, 2.75) is 52.2 Å². The van der Waals surface area contributed by atoms with Gasteiger partial charge in [0.15, 0.2) is 5.60 Å². The molecule has 0 fully saturated rings. The molecule has 0 radical (unpaired) electrons. The Kier molecular flexibility index (Phi) is 7.53. The van der Waals surface area contributed by atoms with E-state index in [2.05, 4.69) is 10.5 Å². The van der Waals surface area contributed by atoms with Crippen molar-refractivity contribution in [3.8, 4) is 0 Å². The smallest absolute Gasteiger partial charge is 0.428 e. The maximum atomic E-state index is 11.8. The van der Waals surface area contributed by atoms with Gasteiger partial charge in [-0.1, -0.05) is 36.2 Å². The molecular formula is C17H24Cl2N2O4. The lowest BCUT2D eigenvalue weighted by molar-refractivity contribution is 0.0518. The highest BCUT2D eigenvalue weighted by molar-refractivity contribution is 6.42. The highest BCUT2D eigenvalue weighted by Gasteiger charge is 2.33. The third-order valence-electron chi connectivity index (χ3n) is 2.99. The van der Waals surface area contributed by atoms with Crippen LogP contribution in [0.1, 0.15) is 46.6 Å². The second kappa shape index (κ2) is 8.74. The van der Waals surface area contributed by atoms with Crippen molar-refractivity contribution in [1.82, 2.24) is 5.43 Å². The standard InChI is InChI=1S/C17H24Cl2N2O4/c1-6-9-24-14(20-21-15(22)25-16(2,3)4)17(5,23)11-7-8-12(18)13(19)10-11/h7-8,10,23H,6,9H2,1-5H3,(H,21,22)/b20-14+. The van der Waals surface area contributed by atoms with Crippen LogP contribution >= 0.6 is 23.2 Å². The van der Waals surface area contributed by atoms with Gasteiger partial charge in [-0.2, -0.15) is 0 Å². The van der Waals surface area contributed by atoms with Crippen molar-refractivity contribution in [3.63, 3.8) is 0 Å². The van der Waals surface area contributed by atoms with Gasteiger partial charge in [-0.15, -0.1) is 5.10 Å². The summed E-state index contributed by atoms with van der Waals surface area (Å²) in [5.41, 5.74) is 0.355. The maximum Gasteiger partial charge on any atom is 0.428 e. The number of nitrogens with one attached hydrogen (secondary N) is 1. The summed E-state index contributed by atoms with van der Waals surface area (Å²) in [6, 6.07) is 4.68. The van der Waals surface area contributed by atoms with Crippen LogP contribution in [0.25, 0.3) is 0 Å². The van der Waals surface area contributed by atoms with Crippen molar-refractivity contribution in [2.24, 2.45) is 5.10 Å². The Morgan fingerprint density at radius 1 is 1.24 bits per heavy atom. The van der Waals surface area contributed by atoms with Crippen LogP contribution in [0.15, 0.2) is 23.3 Å². The number of amides is 1. The highest BCUT2D eigenvalue weighted by atomic mass is 35.5. The number of carbonyl (C=O) groups is 1. The first-order chi connectivity index (χ1) is 11.5. The van der Waals surface area contributed by atoms with E-state index in [0.29, 0.717) is 23.6 Å². The third-order valence-corrected chi connectivity index (χ3v) is 3.73. The van der Waals surface area contributed by atoms with Gasteiger partial charge in [-0.05, 0) is 51.8 Å². The van der Waals surface area contributed by atoms with Crippen molar-refractivity contribution in [3.05, 3.63) is 33.8 Å². The van der Waals surface area contributed by atoms with E-state index in [4.69, 9.17) is 32.7 Å². The second-order valence-corrected chi connectivity index (χ2v) is 7.39. The SMILES string of the molecule is CCCO/C(=N/NC(=O)OC(C)(C)C)C(C)(O)c1ccc(Cl)c(Cl)c1. The molecule has 0 bridgehead atoms. The second-order valence-electron chi connectivity index (χ2n) is 6.58. The van der Waals surface area contributed by atoms with E-state index >= 15 is 0 Å². The lowest BCUT2D eigenvalue weighted by atomic mass is 9.96. The van der Waals surface area contributed by atoms with Crippen LogP contribution < -0.4 is 5.43 Å². The molecule has 1 aromatic carbocycles. The van der Waals surface area contributed by atoms with Crippen LogP contribution in [-0.4, -0.2) is 29.3 Å². The first-order valence-corrected chi connectivity index (χ1v) is 8.61. The monoisotopic (exact) mass is 390 g/mol. The van der Waals surface area contributed by atoms with Gasteiger partial charge in [-0.3, -0.25) is 0 Å². The number of hydrogen-bond donors (Lipinski definition) is 2. The van der Waals surface area contributed by atoms with Crippen molar-refractivity contribution < 1.29 is 19.4 Å². The number of rotatable bonds is 5. The van der Waals surface area contributed by atoms with Gasteiger partial charge in [0, 0.05) is 0 Å². The van der Waals surface area contributed by atoms with Crippen LogP contribution in [0.4, 0.5) is 4.79 Å². The number of benzene rings is 1. The van der Waals surface area contributed by atoms with Gasteiger partial charge < -0.3 is 14.6 Å². The largest absolute Gasteiger partial charge is 0.477 e. The Balaban J connectivity index is 3.08. The average molecular weight is 391 g/mol. The van der Waals surface area contributed by atoms with Crippen LogP contribution in [0.3, 0.4) is 0 Å². The van der Waals surface area contributed by atoms with Crippen molar-refractivity contribution >= 4 is 35.2 Å². The first kappa shape index (κ1) is 21.5. The zero-order valence-corrected chi connectivity index (χ0v) is 16.5. The quantitative estimate of drug-likeness (QED) is 0.441. The molecule has 0 saturated carbocycles. The summed E-state index contributed by atoms with van der Waals surface area (Å²) in [5.74, 6) is -0.0846.